The number of carbonyl (C=O) groups is 1. The first-order valence-corrected chi connectivity index (χ1v) is 8.35. The van der Waals surface area contributed by atoms with Gasteiger partial charge in [-0.3, -0.25) is 0 Å². The lowest BCUT2D eigenvalue weighted by Crippen LogP contribution is -2.53. The van der Waals surface area contributed by atoms with Crippen LogP contribution in [0.3, 0.4) is 0 Å². The summed E-state index contributed by atoms with van der Waals surface area (Å²) in [6, 6.07) is 0. The van der Waals surface area contributed by atoms with Gasteiger partial charge in [0.25, 0.3) is 0 Å². The van der Waals surface area contributed by atoms with Crippen molar-refractivity contribution in [3.05, 3.63) is 0 Å². The molecule has 10 nitrogen and oxygen atoms in total. The molecule has 1 fully saturated rings. The summed E-state index contributed by atoms with van der Waals surface area (Å²) in [4.78, 5) is 9.95. The number of rotatable bonds is 6. The number of aliphatic hydroxyl groups excluding tert-OH is 9. The molecule has 1 unspecified atom stereocenters. The van der Waals surface area contributed by atoms with Crippen molar-refractivity contribution in [1.82, 2.24) is 0 Å². The summed E-state index contributed by atoms with van der Waals surface area (Å²) >= 11 is 4.56. The minimum absolute atomic E-state index is 0.103. The van der Waals surface area contributed by atoms with E-state index in [1.165, 1.54) is 0 Å². The average molecular weight is 392 g/mol. The van der Waals surface area contributed by atoms with E-state index in [1.807, 2.05) is 0 Å². The first kappa shape index (κ1) is 24.0. The van der Waals surface area contributed by atoms with E-state index in [0.717, 1.165) is 11.8 Å². The van der Waals surface area contributed by atoms with Crippen LogP contribution < -0.4 is 0 Å². The number of carbonyl (C=O) groups excluding carboxylic acids is 1. The summed E-state index contributed by atoms with van der Waals surface area (Å²) in [5.74, 6) is 0. The van der Waals surface area contributed by atoms with Gasteiger partial charge in [-0.1, -0.05) is 0 Å². The maximum Gasteiger partial charge on any atom is 0.151 e. The molecule has 24 heavy (non-hydrogen) atoms. The van der Waals surface area contributed by atoms with Gasteiger partial charge in [0.2, 0.25) is 0 Å². The Hall–Kier alpha value is 0.01000. The average Bonchev–Trinajstić information content (AvgIpc) is 2.60. The van der Waals surface area contributed by atoms with Gasteiger partial charge in [-0.25, -0.2) is 0 Å². The highest BCUT2D eigenvalue weighted by Crippen LogP contribution is 2.30. The first-order valence-electron chi connectivity index (χ1n) is 6.89. The highest BCUT2D eigenvalue weighted by atomic mass is 32.2. The summed E-state index contributed by atoms with van der Waals surface area (Å²) in [7, 11) is 0. The summed E-state index contributed by atoms with van der Waals surface area (Å²) < 4.78 is 0. The Kier molecular flexibility index (Phi) is 11.6. The fourth-order valence-electron chi connectivity index (χ4n) is 1.70. The highest BCUT2D eigenvalue weighted by molar-refractivity contribution is 8.00. The fraction of sp³-hybridized carbons (Fsp3) is 0.917. The molecule has 0 aromatic rings. The number of hydrogen-bond donors (Lipinski definition) is 10. The zero-order valence-corrected chi connectivity index (χ0v) is 14.2. The lowest BCUT2D eigenvalue weighted by molar-refractivity contribution is -0.126. The van der Waals surface area contributed by atoms with Crippen molar-refractivity contribution in [3.8, 4) is 0 Å². The molecule has 1 heterocycles. The van der Waals surface area contributed by atoms with Gasteiger partial charge in [0.1, 0.15) is 29.9 Å². The van der Waals surface area contributed by atoms with Gasteiger partial charge >= 0.3 is 0 Å². The molecule has 0 aromatic heterocycles. The van der Waals surface area contributed by atoms with Crippen LogP contribution in [0.4, 0.5) is 0 Å². The van der Waals surface area contributed by atoms with E-state index in [0.29, 0.717) is 0 Å². The number of thioether (sulfide) groups is 1. The largest absolute Gasteiger partial charge is 0.395 e. The molecular weight excluding hydrogens is 368 g/mol. The molecule has 0 spiro atoms. The van der Waals surface area contributed by atoms with Crippen molar-refractivity contribution in [3.63, 3.8) is 0 Å². The van der Waals surface area contributed by atoms with Crippen LogP contribution in [-0.4, -0.2) is 118 Å². The second-order valence-corrected chi connectivity index (χ2v) is 7.10. The van der Waals surface area contributed by atoms with Crippen molar-refractivity contribution in [2.45, 2.75) is 52.6 Å². The molecule has 9 atom stereocenters. The van der Waals surface area contributed by atoms with Crippen LogP contribution in [0.5, 0.6) is 0 Å². The molecule has 0 bridgehead atoms. The van der Waals surface area contributed by atoms with Crippen LogP contribution in [0.2, 0.25) is 0 Å². The van der Waals surface area contributed by atoms with Gasteiger partial charge in [0.05, 0.1) is 35.9 Å². The van der Waals surface area contributed by atoms with E-state index in [2.05, 4.69) is 12.6 Å². The monoisotopic (exact) mass is 392 g/mol. The molecule has 0 aromatic carbocycles. The summed E-state index contributed by atoms with van der Waals surface area (Å²) in [6.07, 6.45) is -8.53. The van der Waals surface area contributed by atoms with Crippen LogP contribution in [0, 0.1) is 0 Å². The third-order valence-electron chi connectivity index (χ3n) is 3.29. The van der Waals surface area contributed by atoms with Crippen molar-refractivity contribution in [2.24, 2.45) is 0 Å². The second-order valence-electron chi connectivity index (χ2n) is 5.08. The molecule has 12 heteroatoms. The van der Waals surface area contributed by atoms with Gasteiger partial charge in [-0.05, 0) is 0 Å². The van der Waals surface area contributed by atoms with Crippen LogP contribution >= 0.6 is 24.4 Å². The van der Waals surface area contributed by atoms with Crippen molar-refractivity contribution < 1.29 is 50.8 Å². The first-order chi connectivity index (χ1) is 11.1. The zero-order chi connectivity index (χ0) is 19.0. The van der Waals surface area contributed by atoms with Crippen LogP contribution in [0.25, 0.3) is 0 Å². The van der Waals surface area contributed by atoms with E-state index >= 15 is 0 Å². The van der Waals surface area contributed by atoms with Crippen molar-refractivity contribution in [1.29, 1.82) is 0 Å². The van der Waals surface area contributed by atoms with Crippen molar-refractivity contribution >= 4 is 30.7 Å². The predicted octanol–water partition coefficient (Wildman–Crippen LogP) is -4.95. The molecular formula is C12H24O10S2. The third-order valence-corrected chi connectivity index (χ3v) is 5.09. The van der Waals surface area contributed by atoms with E-state index in [4.69, 9.17) is 40.9 Å². The standard InChI is InChI=1S/2C6H12O5S/c7-1-2-3(8)4(9)5(10)6(11)12-2;7-1-3(9)5(10)6(11)4(12)2-8/h2-11H,1H2;1,3-6,8-12H,2H2/t2-,3-,4+,5-,6?;3-,4+,5+,6+/m10/s1. The summed E-state index contributed by atoms with van der Waals surface area (Å²) in [6.45, 7) is -0.792. The van der Waals surface area contributed by atoms with Gasteiger partial charge in [0, 0.05) is 0 Å². The molecule has 0 amide bonds. The highest BCUT2D eigenvalue weighted by Gasteiger charge is 2.42. The Morgan fingerprint density at radius 1 is 0.958 bits per heavy atom. The van der Waals surface area contributed by atoms with E-state index in [9.17, 15) is 9.90 Å². The molecule has 1 saturated heterocycles. The third kappa shape index (κ3) is 6.72. The number of aliphatic hydroxyl groups is 9. The summed E-state index contributed by atoms with van der Waals surface area (Å²) in [5.41, 5.74) is -1.15. The minimum atomic E-state index is -1.65. The van der Waals surface area contributed by atoms with Gasteiger partial charge in [-0.2, -0.15) is 12.6 Å². The van der Waals surface area contributed by atoms with Crippen LogP contribution in [0.1, 0.15) is 0 Å². The Balaban J connectivity index is 0.000000441. The zero-order valence-electron chi connectivity index (χ0n) is 12.5. The second kappa shape index (κ2) is 11.6. The molecule has 0 radical (unpaired) electrons. The maximum absolute atomic E-state index is 9.95. The van der Waals surface area contributed by atoms with E-state index in [1.54, 1.807) is 0 Å². The predicted molar refractivity (Wildman–Crippen MR) is 86.4 cm³/mol. The maximum atomic E-state index is 9.95. The lowest BCUT2D eigenvalue weighted by Gasteiger charge is -2.36. The normalized spacial score (nSPS) is 35.2. The molecule has 1 aliphatic heterocycles. The molecule has 0 saturated carbocycles. The Morgan fingerprint density at radius 2 is 1.50 bits per heavy atom. The number of thiol groups is 1. The van der Waals surface area contributed by atoms with Crippen molar-refractivity contribution in [2.75, 3.05) is 13.2 Å². The number of aldehydes is 1. The van der Waals surface area contributed by atoms with Crippen LogP contribution in [0.15, 0.2) is 0 Å². The SMILES string of the molecule is O=C[C@H](O)[C@@H](O)[C@H](O)[C@H](S)CO.OC[C@H]1SC(O)[C@H](O)[C@@H](O)[C@@H]1O. The van der Waals surface area contributed by atoms with Gasteiger partial charge in [-0.15, -0.1) is 11.8 Å². The Labute approximate surface area is 147 Å². The number of hydrogen-bond acceptors (Lipinski definition) is 12. The summed E-state index contributed by atoms with van der Waals surface area (Å²) in [5, 5.41) is 79.0. The Morgan fingerprint density at radius 3 is 1.92 bits per heavy atom. The molecule has 144 valence electrons. The minimum Gasteiger partial charge on any atom is -0.395 e. The van der Waals surface area contributed by atoms with E-state index < -0.39 is 59.2 Å². The Bertz CT molecular complexity index is 358. The molecule has 1 aliphatic rings. The quantitative estimate of drug-likeness (QED) is 0.153. The topological polar surface area (TPSA) is 199 Å². The van der Waals surface area contributed by atoms with Crippen LogP contribution in [-0.2, 0) is 4.79 Å². The fourth-order valence-corrected chi connectivity index (χ4v) is 2.96. The van der Waals surface area contributed by atoms with Gasteiger partial charge in [0.15, 0.2) is 6.29 Å². The lowest BCUT2D eigenvalue weighted by atomic mass is 10.0. The van der Waals surface area contributed by atoms with Gasteiger partial charge < -0.3 is 50.8 Å². The molecule has 9 N–H and O–H groups in total. The molecule has 1 rings (SSSR count). The van der Waals surface area contributed by atoms with E-state index in [-0.39, 0.29) is 12.9 Å². The smallest absolute Gasteiger partial charge is 0.151 e. The molecule has 0 aliphatic carbocycles.